The number of thiophene rings is 1. The number of urea groups is 1. The number of nitrogens with one attached hydrogen (secondary N) is 1. The van der Waals surface area contributed by atoms with Crippen LogP contribution < -0.4 is 5.32 Å². The molecule has 0 radical (unpaired) electrons. The van der Waals surface area contributed by atoms with Crippen LogP contribution in [0.5, 0.6) is 0 Å². The average molecular weight is 445 g/mol. The number of carbonyl (C=O) groups excluding carboxylic acids is 3. The Balaban J connectivity index is 1.23. The van der Waals surface area contributed by atoms with Crippen molar-refractivity contribution in [2.45, 2.75) is 12.8 Å². The molecule has 4 amide bonds. The number of piperazine rings is 1. The smallest absolute Gasteiger partial charge is 0.321 e. The van der Waals surface area contributed by atoms with E-state index in [1.807, 2.05) is 27.3 Å². The predicted molar refractivity (Wildman–Crippen MR) is 117 cm³/mol. The van der Waals surface area contributed by atoms with Crippen molar-refractivity contribution >= 4 is 34.9 Å². The van der Waals surface area contributed by atoms with E-state index >= 15 is 0 Å². The lowest BCUT2D eigenvalue weighted by Gasteiger charge is -2.38. The van der Waals surface area contributed by atoms with Crippen LogP contribution in [0.4, 0.5) is 14.9 Å². The first-order valence-corrected chi connectivity index (χ1v) is 11.3. The van der Waals surface area contributed by atoms with Crippen molar-refractivity contribution in [3.63, 3.8) is 0 Å². The van der Waals surface area contributed by atoms with E-state index in [4.69, 9.17) is 0 Å². The van der Waals surface area contributed by atoms with E-state index in [0.29, 0.717) is 57.8 Å². The molecular formula is C22H25FN4O3S. The first kappa shape index (κ1) is 21.3. The van der Waals surface area contributed by atoms with Gasteiger partial charge in [0.2, 0.25) is 5.91 Å². The molecule has 31 heavy (non-hydrogen) atoms. The highest BCUT2D eigenvalue weighted by atomic mass is 32.1. The molecule has 9 heteroatoms. The van der Waals surface area contributed by atoms with Gasteiger partial charge < -0.3 is 20.0 Å². The molecule has 2 aromatic rings. The van der Waals surface area contributed by atoms with Crippen molar-refractivity contribution in [1.82, 2.24) is 14.7 Å². The zero-order chi connectivity index (χ0) is 21.8. The van der Waals surface area contributed by atoms with Crippen LogP contribution >= 0.6 is 11.3 Å². The highest BCUT2D eigenvalue weighted by Crippen LogP contribution is 2.23. The van der Waals surface area contributed by atoms with Crippen LogP contribution in [0.25, 0.3) is 0 Å². The lowest BCUT2D eigenvalue weighted by molar-refractivity contribution is -0.138. The summed E-state index contributed by atoms with van der Waals surface area (Å²) in [5, 5.41) is 4.65. The average Bonchev–Trinajstić information content (AvgIpc) is 3.35. The molecule has 2 fully saturated rings. The summed E-state index contributed by atoms with van der Waals surface area (Å²) in [7, 11) is 0. The van der Waals surface area contributed by atoms with Crippen LogP contribution in [-0.4, -0.2) is 71.8 Å². The minimum atomic E-state index is -0.355. The molecule has 2 saturated heterocycles. The number of carbonyl (C=O) groups is 3. The van der Waals surface area contributed by atoms with Crippen LogP contribution in [0.1, 0.15) is 22.5 Å². The summed E-state index contributed by atoms with van der Waals surface area (Å²) in [6, 6.07) is 9.07. The van der Waals surface area contributed by atoms with Crippen molar-refractivity contribution in [2.75, 3.05) is 44.6 Å². The number of benzene rings is 1. The molecule has 7 nitrogen and oxygen atoms in total. The number of hydrogen-bond donors (Lipinski definition) is 1. The third-order valence-corrected chi connectivity index (χ3v) is 6.70. The normalized spacial score (nSPS) is 17.5. The number of halogens is 1. The van der Waals surface area contributed by atoms with E-state index in [9.17, 15) is 18.8 Å². The van der Waals surface area contributed by atoms with Gasteiger partial charge in [0, 0.05) is 50.9 Å². The Labute approximate surface area is 184 Å². The third-order valence-electron chi connectivity index (χ3n) is 5.84. The Morgan fingerprint density at radius 3 is 2.13 bits per heavy atom. The van der Waals surface area contributed by atoms with Crippen molar-refractivity contribution in [1.29, 1.82) is 0 Å². The molecule has 0 atom stereocenters. The van der Waals surface area contributed by atoms with Crippen LogP contribution in [-0.2, 0) is 4.79 Å². The molecule has 0 saturated carbocycles. The van der Waals surface area contributed by atoms with Gasteiger partial charge >= 0.3 is 6.03 Å². The molecule has 0 spiro atoms. The first-order chi connectivity index (χ1) is 15.0. The van der Waals surface area contributed by atoms with Gasteiger partial charge in [0.15, 0.2) is 0 Å². The summed E-state index contributed by atoms with van der Waals surface area (Å²) in [5.41, 5.74) is 0.536. The molecule has 1 N–H and O–H groups in total. The van der Waals surface area contributed by atoms with Gasteiger partial charge in [-0.15, -0.1) is 11.3 Å². The first-order valence-electron chi connectivity index (χ1n) is 10.4. The van der Waals surface area contributed by atoms with E-state index < -0.39 is 0 Å². The number of amides is 4. The number of piperidine rings is 1. The number of hydrogen-bond acceptors (Lipinski definition) is 4. The quantitative estimate of drug-likeness (QED) is 0.791. The Bertz CT molecular complexity index is 919. The van der Waals surface area contributed by atoms with Gasteiger partial charge in [-0.3, -0.25) is 9.59 Å². The SMILES string of the molecule is O=C(Nc1ccc(F)cc1)N1CCN(C(=O)C2CCN(C(=O)c3cccs3)CC2)CC1. The Kier molecular flexibility index (Phi) is 6.50. The molecule has 0 unspecified atom stereocenters. The van der Waals surface area contributed by atoms with Crippen molar-refractivity contribution in [3.05, 3.63) is 52.5 Å². The Morgan fingerprint density at radius 1 is 0.871 bits per heavy atom. The molecular weight excluding hydrogens is 419 g/mol. The molecule has 2 aliphatic heterocycles. The summed E-state index contributed by atoms with van der Waals surface area (Å²) in [5.74, 6) is -0.276. The van der Waals surface area contributed by atoms with Gasteiger partial charge in [-0.2, -0.15) is 0 Å². The second-order valence-electron chi connectivity index (χ2n) is 7.79. The van der Waals surface area contributed by atoms with Gasteiger partial charge in [0.05, 0.1) is 4.88 Å². The van der Waals surface area contributed by atoms with E-state index in [2.05, 4.69) is 5.32 Å². The highest BCUT2D eigenvalue weighted by molar-refractivity contribution is 7.12. The van der Waals surface area contributed by atoms with Gasteiger partial charge in [0.25, 0.3) is 5.91 Å². The molecule has 1 aromatic carbocycles. The second kappa shape index (κ2) is 9.47. The topological polar surface area (TPSA) is 73.0 Å². The minimum Gasteiger partial charge on any atom is -0.339 e. The van der Waals surface area contributed by atoms with Crippen LogP contribution in [0, 0.1) is 11.7 Å². The van der Waals surface area contributed by atoms with Crippen LogP contribution in [0.3, 0.4) is 0 Å². The van der Waals surface area contributed by atoms with Crippen molar-refractivity contribution in [2.24, 2.45) is 5.92 Å². The van der Waals surface area contributed by atoms with E-state index in [0.717, 1.165) is 4.88 Å². The van der Waals surface area contributed by atoms with Gasteiger partial charge in [-0.1, -0.05) is 6.07 Å². The lowest BCUT2D eigenvalue weighted by atomic mass is 9.95. The summed E-state index contributed by atoms with van der Waals surface area (Å²) in [6.07, 6.45) is 1.34. The Morgan fingerprint density at radius 2 is 1.52 bits per heavy atom. The molecule has 0 aliphatic carbocycles. The molecule has 3 heterocycles. The number of likely N-dealkylation sites (tertiary alicyclic amines) is 1. The zero-order valence-electron chi connectivity index (χ0n) is 17.1. The second-order valence-corrected chi connectivity index (χ2v) is 8.74. The summed E-state index contributed by atoms with van der Waals surface area (Å²) in [6.45, 7) is 3.07. The van der Waals surface area contributed by atoms with Gasteiger partial charge in [-0.25, -0.2) is 9.18 Å². The summed E-state index contributed by atoms with van der Waals surface area (Å²) < 4.78 is 13.0. The predicted octanol–water partition coefficient (Wildman–Crippen LogP) is 3.12. The minimum absolute atomic E-state index is 0.0432. The maximum Gasteiger partial charge on any atom is 0.321 e. The Hall–Kier alpha value is -2.94. The largest absolute Gasteiger partial charge is 0.339 e. The van der Waals surface area contributed by atoms with E-state index in [-0.39, 0.29) is 29.6 Å². The van der Waals surface area contributed by atoms with Crippen molar-refractivity contribution < 1.29 is 18.8 Å². The van der Waals surface area contributed by atoms with E-state index in [1.54, 1.807) is 4.90 Å². The maximum atomic E-state index is 13.0. The number of anilines is 1. The molecule has 0 bridgehead atoms. The third kappa shape index (κ3) is 5.04. The van der Waals surface area contributed by atoms with Crippen LogP contribution in [0.2, 0.25) is 0 Å². The van der Waals surface area contributed by atoms with Crippen molar-refractivity contribution in [3.8, 4) is 0 Å². The fourth-order valence-electron chi connectivity index (χ4n) is 4.01. The fourth-order valence-corrected chi connectivity index (χ4v) is 4.70. The standard InChI is InChI=1S/C22H25FN4O3S/c23-17-3-5-18(6-4-17)24-22(30)27-13-11-26(12-14-27)20(28)16-7-9-25(10-8-16)21(29)19-2-1-15-31-19/h1-6,15-16H,7-14H2,(H,24,30). The number of nitrogens with zero attached hydrogens (tertiary/aromatic N) is 3. The maximum absolute atomic E-state index is 13.0. The van der Waals surface area contributed by atoms with Gasteiger partial charge in [-0.05, 0) is 48.6 Å². The number of rotatable bonds is 3. The monoisotopic (exact) mass is 444 g/mol. The van der Waals surface area contributed by atoms with Gasteiger partial charge in [0.1, 0.15) is 5.82 Å². The summed E-state index contributed by atoms with van der Waals surface area (Å²) in [4.78, 5) is 43.8. The summed E-state index contributed by atoms with van der Waals surface area (Å²) >= 11 is 1.44. The fraction of sp³-hybridized carbons (Fsp3) is 0.409. The van der Waals surface area contributed by atoms with Crippen LogP contribution in [0.15, 0.2) is 41.8 Å². The molecule has 2 aliphatic rings. The molecule has 164 valence electrons. The molecule has 4 rings (SSSR count). The lowest BCUT2D eigenvalue weighted by Crippen LogP contribution is -2.53. The zero-order valence-corrected chi connectivity index (χ0v) is 17.9. The highest BCUT2D eigenvalue weighted by Gasteiger charge is 2.32. The molecule has 1 aromatic heterocycles. The van der Waals surface area contributed by atoms with E-state index in [1.165, 1.54) is 35.6 Å².